The number of halogens is 1. The van der Waals surface area contributed by atoms with Gasteiger partial charge in [0.1, 0.15) is 16.8 Å². The van der Waals surface area contributed by atoms with Crippen molar-refractivity contribution >= 4 is 23.7 Å². The smallest absolute Gasteiger partial charge is 0.156 e. The number of anilines is 1. The molecule has 2 rings (SSSR count). The second kappa shape index (κ2) is 6.99. The molecule has 0 atom stereocenters. The number of hydrogen-bond donors (Lipinski definition) is 1. The summed E-state index contributed by atoms with van der Waals surface area (Å²) in [4.78, 5) is 21.9. The van der Waals surface area contributed by atoms with Crippen molar-refractivity contribution in [2.24, 2.45) is 0 Å². The lowest BCUT2D eigenvalue weighted by Gasteiger charge is -2.32. The number of hydrogen-bond acceptors (Lipinski definition) is 5. The summed E-state index contributed by atoms with van der Waals surface area (Å²) in [6, 6.07) is 0.340. The zero-order valence-electron chi connectivity index (χ0n) is 12.0. The minimum atomic E-state index is 0.221. The van der Waals surface area contributed by atoms with Gasteiger partial charge in [0.05, 0.1) is 5.56 Å². The van der Waals surface area contributed by atoms with Crippen LogP contribution in [0, 0.1) is 6.92 Å². The fourth-order valence-electron chi connectivity index (χ4n) is 2.57. The van der Waals surface area contributed by atoms with Gasteiger partial charge in [0, 0.05) is 19.1 Å². The Hall–Kier alpha value is -1.20. The Morgan fingerprint density at radius 1 is 1.40 bits per heavy atom. The quantitative estimate of drug-likeness (QED) is 0.668. The number of piperidine rings is 1. The Morgan fingerprint density at radius 2 is 2.10 bits per heavy atom. The first-order valence-corrected chi connectivity index (χ1v) is 7.50. The number of nitrogens with one attached hydrogen (secondary N) is 1. The molecule has 6 heteroatoms. The molecule has 0 amide bonds. The molecule has 1 fully saturated rings. The van der Waals surface area contributed by atoms with Crippen molar-refractivity contribution in [3.05, 3.63) is 16.5 Å². The lowest BCUT2D eigenvalue weighted by atomic mass is 10.0. The summed E-state index contributed by atoms with van der Waals surface area (Å²) in [5.41, 5.74) is 0.355. The molecule has 5 nitrogen and oxygen atoms in total. The summed E-state index contributed by atoms with van der Waals surface area (Å²) >= 11 is 5.99. The zero-order valence-corrected chi connectivity index (χ0v) is 12.8. The molecule has 1 aromatic rings. The number of carbonyl (C=O) groups is 1. The summed E-state index contributed by atoms with van der Waals surface area (Å²) in [6.45, 7) is 7.30. The van der Waals surface area contributed by atoms with Gasteiger partial charge in [-0.05, 0) is 32.7 Å². The van der Waals surface area contributed by atoms with Crippen molar-refractivity contribution in [3.8, 4) is 0 Å². The van der Waals surface area contributed by atoms with Gasteiger partial charge in [-0.2, -0.15) is 0 Å². The number of aryl methyl sites for hydroxylation is 1. The van der Waals surface area contributed by atoms with E-state index in [0.717, 1.165) is 38.8 Å². The fourth-order valence-corrected chi connectivity index (χ4v) is 2.83. The van der Waals surface area contributed by atoms with Crippen LogP contribution in [0.2, 0.25) is 5.15 Å². The Labute approximate surface area is 124 Å². The molecule has 0 bridgehead atoms. The van der Waals surface area contributed by atoms with E-state index >= 15 is 0 Å². The maximum atomic E-state index is 11.1. The van der Waals surface area contributed by atoms with E-state index in [-0.39, 0.29) is 5.15 Å². The highest BCUT2D eigenvalue weighted by Gasteiger charge is 2.20. The number of nitrogens with zero attached hydrogens (tertiary/aromatic N) is 3. The van der Waals surface area contributed by atoms with Crippen LogP contribution >= 0.6 is 11.6 Å². The molecule has 20 heavy (non-hydrogen) atoms. The molecule has 0 saturated carbocycles. The van der Waals surface area contributed by atoms with E-state index in [4.69, 9.17) is 11.6 Å². The molecule has 0 spiro atoms. The number of rotatable bonds is 5. The number of likely N-dealkylation sites (tertiary alicyclic amines) is 1. The number of carbonyl (C=O) groups excluding carboxylic acids is 1. The van der Waals surface area contributed by atoms with Crippen molar-refractivity contribution < 1.29 is 4.79 Å². The summed E-state index contributed by atoms with van der Waals surface area (Å²) in [5, 5.41) is 3.57. The minimum absolute atomic E-state index is 0.221. The highest BCUT2D eigenvalue weighted by Crippen LogP contribution is 2.22. The molecule has 0 aliphatic carbocycles. The van der Waals surface area contributed by atoms with Crippen molar-refractivity contribution in [3.63, 3.8) is 0 Å². The van der Waals surface area contributed by atoms with Gasteiger partial charge in [-0.1, -0.05) is 18.5 Å². The molecule has 0 unspecified atom stereocenters. The SMILES string of the molecule is CCCN1CCC(Nc2nc(C)nc(Cl)c2C=O)CC1. The van der Waals surface area contributed by atoms with Gasteiger partial charge in [-0.25, -0.2) is 9.97 Å². The molecule has 110 valence electrons. The normalized spacial score (nSPS) is 17.1. The van der Waals surface area contributed by atoms with Gasteiger partial charge in [-0.15, -0.1) is 0 Å². The van der Waals surface area contributed by atoms with Gasteiger partial charge >= 0.3 is 0 Å². The van der Waals surface area contributed by atoms with Crippen LogP contribution in [-0.2, 0) is 0 Å². The van der Waals surface area contributed by atoms with Crippen LogP contribution in [-0.4, -0.2) is 46.8 Å². The first kappa shape index (κ1) is 15.2. The van der Waals surface area contributed by atoms with Crippen molar-refractivity contribution in [1.82, 2.24) is 14.9 Å². The van der Waals surface area contributed by atoms with Gasteiger partial charge in [0.2, 0.25) is 0 Å². The van der Waals surface area contributed by atoms with Gasteiger partial charge in [-0.3, -0.25) is 4.79 Å². The first-order chi connectivity index (χ1) is 9.63. The Kier molecular flexibility index (Phi) is 5.31. The maximum absolute atomic E-state index is 11.1. The molecule has 1 N–H and O–H groups in total. The molecule has 1 aliphatic heterocycles. The standard InChI is InChI=1S/C14H21ClN4O/c1-3-6-19-7-4-11(5-8-19)18-14-12(9-20)13(15)16-10(2)17-14/h9,11H,3-8H2,1-2H3,(H,16,17,18). The van der Waals surface area contributed by atoms with E-state index < -0.39 is 0 Å². The van der Waals surface area contributed by atoms with Gasteiger partial charge in [0.25, 0.3) is 0 Å². The molecule has 0 radical (unpaired) electrons. The number of aromatic nitrogens is 2. The lowest BCUT2D eigenvalue weighted by Crippen LogP contribution is -2.39. The third-order valence-corrected chi connectivity index (χ3v) is 3.89. The summed E-state index contributed by atoms with van der Waals surface area (Å²) in [5.74, 6) is 1.14. The van der Waals surface area contributed by atoms with E-state index in [2.05, 4.69) is 27.1 Å². The summed E-state index contributed by atoms with van der Waals surface area (Å²) in [7, 11) is 0. The van der Waals surface area contributed by atoms with Crippen LogP contribution in [0.5, 0.6) is 0 Å². The highest BCUT2D eigenvalue weighted by atomic mass is 35.5. The van der Waals surface area contributed by atoms with Crippen LogP contribution in [0.15, 0.2) is 0 Å². The largest absolute Gasteiger partial charge is 0.366 e. The lowest BCUT2D eigenvalue weighted by molar-refractivity contribution is 0.112. The van der Waals surface area contributed by atoms with Gasteiger partial charge < -0.3 is 10.2 Å². The summed E-state index contributed by atoms with van der Waals surface area (Å²) in [6.07, 6.45) is 4.02. The van der Waals surface area contributed by atoms with Crippen molar-refractivity contribution in [1.29, 1.82) is 0 Å². The topological polar surface area (TPSA) is 58.1 Å². The highest BCUT2D eigenvalue weighted by molar-refractivity contribution is 6.32. The predicted molar refractivity (Wildman–Crippen MR) is 80.5 cm³/mol. The summed E-state index contributed by atoms with van der Waals surface area (Å²) < 4.78 is 0. The molecular formula is C14H21ClN4O. The third kappa shape index (κ3) is 3.67. The van der Waals surface area contributed by atoms with E-state index in [9.17, 15) is 4.79 Å². The fraction of sp³-hybridized carbons (Fsp3) is 0.643. The molecule has 2 heterocycles. The molecule has 1 aliphatic rings. The molecule has 1 aromatic heterocycles. The van der Waals surface area contributed by atoms with Crippen molar-refractivity contribution in [2.75, 3.05) is 25.0 Å². The predicted octanol–water partition coefficient (Wildman–Crippen LogP) is 2.54. The van der Waals surface area contributed by atoms with Gasteiger partial charge in [0.15, 0.2) is 6.29 Å². The molecule has 1 saturated heterocycles. The van der Waals surface area contributed by atoms with E-state index in [1.807, 2.05) is 0 Å². The van der Waals surface area contributed by atoms with E-state index in [1.54, 1.807) is 6.92 Å². The van der Waals surface area contributed by atoms with Crippen LogP contribution in [0.1, 0.15) is 42.4 Å². The van der Waals surface area contributed by atoms with Crippen LogP contribution in [0.25, 0.3) is 0 Å². The van der Waals surface area contributed by atoms with Crippen LogP contribution < -0.4 is 5.32 Å². The number of aldehydes is 1. The van der Waals surface area contributed by atoms with Crippen LogP contribution in [0.4, 0.5) is 5.82 Å². The monoisotopic (exact) mass is 296 g/mol. The third-order valence-electron chi connectivity index (χ3n) is 3.60. The second-order valence-corrected chi connectivity index (χ2v) is 5.56. The molecular weight excluding hydrogens is 276 g/mol. The maximum Gasteiger partial charge on any atom is 0.156 e. The Balaban J connectivity index is 2.02. The second-order valence-electron chi connectivity index (χ2n) is 5.20. The minimum Gasteiger partial charge on any atom is -0.366 e. The van der Waals surface area contributed by atoms with E-state index in [1.165, 1.54) is 6.42 Å². The molecule has 0 aromatic carbocycles. The van der Waals surface area contributed by atoms with E-state index in [0.29, 0.717) is 23.2 Å². The first-order valence-electron chi connectivity index (χ1n) is 7.12. The Morgan fingerprint density at radius 3 is 2.70 bits per heavy atom. The van der Waals surface area contributed by atoms with Crippen molar-refractivity contribution in [2.45, 2.75) is 39.2 Å². The Bertz CT molecular complexity index is 472. The van der Waals surface area contributed by atoms with Crippen LogP contribution in [0.3, 0.4) is 0 Å². The average molecular weight is 297 g/mol. The zero-order chi connectivity index (χ0) is 14.5. The average Bonchev–Trinajstić information content (AvgIpc) is 2.41.